The number of anilines is 1. The SMILES string of the molecule is CC(=O)N1CCCN(Cc2ccc(F)cc2)CCN(C(=O)[C@H](N)CC(C)C)Cc2ccccc21. The Morgan fingerprint density at radius 3 is 2.38 bits per heavy atom. The van der Waals surface area contributed by atoms with Gasteiger partial charge >= 0.3 is 0 Å². The number of rotatable bonds is 5. The third-order valence-corrected chi connectivity index (χ3v) is 6.24. The first-order chi connectivity index (χ1) is 16.2. The number of hydrogen-bond donors (Lipinski definition) is 1. The van der Waals surface area contributed by atoms with Gasteiger partial charge < -0.3 is 15.5 Å². The van der Waals surface area contributed by atoms with Gasteiger partial charge in [0.15, 0.2) is 0 Å². The third kappa shape index (κ3) is 7.11. The third-order valence-electron chi connectivity index (χ3n) is 6.24. The van der Waals surface area contributed by atoms with E-state index < -0.39 is 6.04 Å². The standard InChI is InChI=1S/C27H37FN4O2/c1-20(2)17-25(29)27(34)31-16-15-30(18-22-9-11-24(28)12-10-22)13-6-14-32(21(3)33)26-8-5-4-7-23(26)19-31/h4-5,7-12,20,25H,6,13-19,29H2,1-3H3/t25-/m1/s1. The molecule has 2 N–H and O–H groups in total. The number of carbonyl (C=O) groups excluding carboxylic acids is 2. The molecule has 0 unspecified atom stereocenters. The van der Waals surface area contributed by atoms with E-state index in [-0.39, 0.29) is 17.6 Å². The average Bonchev–Trinajstić information content (AvgIpc) is 2.82. The molecular weight excluding hydrogens is 431 g/mol. The Morgan fingerprint density at radius 1 is 1.00 bits per heavy atom. The van der Waals surface area contributed by atoms with Gasteiger partial charge in [-0.05, 0) is 48.1 Å². The van der Waals surface area contributed by atoms with Crippen LogP contribution in [0, 0.1) is 11.7 Å². The molecule has 6 nitrogen and oxygen atoms in total. The fraction of sp³-hybridized carbons (Fsp3) is 0.481. The van der Waals surface area contributed by atoms with Crippen LogP contribution >= 0.6 is 0 Å². The molecule has 2 aromatic carbocycles. The molecule has 1 heterocycles. The number of benzene rings is 2. The first-order valence-corrected chi connectivity index (χ1v) is 12.1. The van der Waals surface area contributed by atoms with Crippen LogP contribution in [0.4, 0.5) is 10.1 Å². The first kappa shape index (κ1) is 25.8. The highest BCUT2D eigenvalue weighted by molar-refractivity contribution is 5.92. The van der Waals surface area contributed by atoms with Gasteiger partial charge in [-0.3, -0.25) is 14.5 Å². The molecule has 0 spiro atoms. The summed E-state index contributed by atoms with van der Waals surface area (Å²) < 4.78 is 13.4. The molecule has 0 radical (unpaired) electrons. The molecule has 0 saturated carbocycles. The van der Waals surface area contributed by atoms with E-state index in [1.165, 1.54) is 12.1 Å². The molecule has 34 heavy (non-hydrogen) atoms. The lowest BCUT2D eigenvalue weighted by molar-refractivity contribution is -0.133. The number of para-hydroxylation sites is 1. The number of fused-ring (bicyclic) bond motifs is 1. The van der Waals surface area contributed by atoms with E-state index in [0.717, 1.165) is 29.8 Å². The Balaban J connectivity index is 1.89. The zero-order valence-electron chi connectivity index (χ0n) is 20.5. The minimum absolute atomic E-state index is 0.0221. The number of halogens is 1. The number of carbonyl (C=O) groups is 2. The Labute approximate surface area is 202 Å². The van der Waals surface area contributed by atoms with Crippen LogP contribution in [-0.2, 0) is 22.7 Å². The van der Waals surface area contributed by atoms with Crippen LogP contribution in [0.5, 0.6) is 0 Å². The average molecular weight is 469 g/mol. The highest BCUT2D eigenvalue weighted by Crippen LogP contribution is 2.24. The minimum atomic E-state index is -0.563. The predicted octanol–water partition coefficient (Wildman–Crippen LogP) is 3.79. The highest BCUT2D eigenvalue weighted by Gasteiger charge is 2.25. The van der Waals surface area contributed by atoms with E-state index in [9.17, 15) is 14.0 Å². The quantitative estimate of drug-likeness (QED) is 0.725. The Bertz CT molecular complexity index is 963. The molecule has 0 aromatic heterocycles. The van der Waals surface area contributed by atoms with Crippen molar-refractivity contribution in [1.82, 2.24) is 9.80 Å². The van der Waals surface area contributed by atoms with Crippen LogP contribution in [0.25, 0.3) is 0 Å². The van der Waals surface area contributed by atoms with Crippen molar-refractivity contribution < 1.29 is 14.0 Å². The molecule has 0 saturated heterocycles. The van der Waals surface area contributed by atoms with Gasteiger partial charge in [0.05, 0.1) is 6.04 Å². The maximum Gasteiger partial charge on any atom is 0.239 e. The molecule has 7 heteroatoms. The van der Waals surface area contributed by atoms with Gasteiger partial charge in [-0.2, -0.15) is 0 Å². The summed E-state index contributed by atoms with van der Waals surface area (Å²) in [5.74, 6) is -0.0321. The summed E-state index contributed by atoms with van der Waals surface area (Å²) in [5, 5.41) is 0. The van der Waals surface area contributed by atoms with Crippen molar-refractivity contribution in [3.8, 4) is 0 Å². The van der Waals surface area contributed by atoms with Crippen LogP contribution < -0.4 is 10.6 Å². The fourth-order valence-corrected chi connectivity index (χ4v) is 4.50. The lowest BCUT2D eigenvalue weighted by Gasteiger charge is -2.30. The summed E-state index contributed by atoms with van der Waals surface area (Å²) in [6.45, 7) is 9.28. The van der Waals surface area contributed by atoms with Gasteiger partial charge in [0.1, 0.15) is 5.82 Å². The van der Waals surface area contributed by atoms with Gasteiger partial charge in [0.2, 0.25) is 11.8 Å². The maximum atomic E-state index is 13.4. The van der Waals surface area contributed by atoms with E-state index in [0.29, 0.717) is 45.1 Å². The maximum absolute atomic E-state index is 13.4. The van der Waals surface area contributed by atoms with Gasteiger partial charge in [-0.25, -0.2) is 4.39 Å². The fourth-order valence-electron chi connectivity index (χ4n) is 4.50. The van der Waals surface area contributed by atoms with Crippen LogP contribution in [0.3, 0.4) is 0 Å². The van der Waals surface area contributed by atoms with Crippen molar-refractivity contribution in [3.05, 3.63) is 65.5 Å². The summed E-state index contributed by atoms with van der Waals surface area (Å²) in [5.41, 5.74) is 9.10. The summed E-state index contributed by atoms with van der Waals surface area (Å²) in [6.07, 6.45) is 1.41. The number of amides is 2. The highest BCUT2D eigenvalue weighted by atomic mass is 19.1. The van der Waals surface area contributed by atoms with Crippen molar-refractivity contribution >= 4 is 17.5 Å². The first-order valence-electron chi connectivity index (χ1n) is 12.1. The van der Waals surface area contributed by atoms with Gasteiger partial charge in [0, 0.05) is 51.9 Å². The smallest absolute Gasteiger partial charge is 0.239 e. The molecule has 1 atom stereocenters. The molecule has 2 amide bonds. The van der Waals surface area contributed by atoms with Crippen LogP contribution in [-0.4, -0.2) is 53.8 Å². The molecule has 2 aromatic rings. The van der Waals surface area contributed by atoms with Gasteiger partial charge in [-0.1, -0.05) is 44.2 Å². The molecule has 0 fully saturated rings. The van der Waals surface area contributed by atoms with Crippen molar-refractivity contribution in [1.29, 1.82) is 0 Å². The Hall–Kier alpha value is -2.77. The predicted molar refractivity (Wildman–Crippen MR) is 134 cm³/mol. The summed E-state index contributed by atoms with van der Waals surface area (Å²) in [6, 6.07) is 13.7. The van der Waals surface area contributed by atoms with E-state index >= 15 is 0 Å². The topological polar surface area (TPSA) is 69.9 Å². The van der Waals surface area contributed by atoms with E-state index in [1.807, 2.05) is 29.2 Å². The minimum Gasteiger partial charge on any atom is -0.336 e. The van der Waals surface area contributed by atoms with Gasteiger partial charge in [0.25, 0.3) is 0 Å². The second-order valence-corrected chi connectivity index (χ2v) is 9.55. The Morgan fingerprint density at radius 2 is 1.71 bits per heavy atom. The largest absolute Gasteiger partial charge is 0.336 e. The van der Waals surface area contributed by atoms with Crippen molar-refractivity contribution in [2.24, 2.45) is 11.7 Å². The summed E-state index contributed by atoms with van der Waals surface area (Å²) in [4.78, 5) is 31.8. The normalized spacial score (nSPS) is 16.6. The van der Waals surface area contributed by atoms with Crippen LogP contribution in [0.2, 0.25) is 0 Å². The van der Waals surface area contributed by atoms with E-state index in [2.05, 4.69) is 18.7 Å². The lowest BCUT2D eigenvalue weighted by atomic mass is 10.0. The zero-order chi connectivity index (χ0) is 24.7. The molecule has 0 aliphatic carbocycles. The molecule has 3 rings (SSSR count). The molecular formula is C27H37FN4O2. The number of hydrogen-bond acceptors (Lipinski definition) is 4. The monoisotopic (exact) mass is 468 g/mol. The lowest BCUT2D eigenvalue weighted by Crippen LogP contribution is -2.46. The Kier molecular flexibility index (Phi) is 9.19. The second-order valence-electron chi connectivity index (χ2n) is 9.55. The summed E-state index contributed by atoms with van der Waals surface area (Å²) in [7, 11) is 0. The molecule has 184 valence electrons. The van der Waals surface area contributed by atoms with Crippen molar-refractivity contribution in [2.75, 3.05) is 31.1 Å². The summed E-state index contributed by atoms with van der Waals surface area (Å²) >= 11 is 0. The molecule has 1 aliphatic rings. The van der Waals surface area contributed by atoms with Crippen molar-refractivity contribution in [3.63, 3.8) is 0 Å². The molecule has 1 aliphatic heterocycles. The zero-order valence-corrected chi connectivity index (χ0v) is 20.5. The van der Waals surface area contributed by atoms with Gasteiger partial charge in [-0.15, -0.1) is 0 Å². The van der Waals surface area contributed by atoms with E-state index in [1.54, 1.807) is 24.0 Å². The number of nitrogens with two attached hydrogens (primary N) is 1. The number of nitrogens with zero attached hydrogens (tertiary/aromatic N) is 3. The van der Waals surface area contributed by atoms with Crippen LogP contribution in [0.15, 0.2) is 48.5 Å². The van der Waals surface area contributed by atoms with Crippen molar-refractivity contribution in [2.45, 2.75) is 52.7 Å². The second kappa shape index (κ2) is 12.1. The van der Waals surface area contributed by atoms with Crippen LogP contribution in [0.1, 0.15) is 44.7 Å². The molecule has 0 bridgehead atoms. The van der Waals surface area contributed by atoms with E-state index in [4.69, 9.17) is 5.73 Å².